The first kappa shape index (κ1) is 15.3. The smallest absolute Gasteiger partial charge is 0.257 e. The van der Waals surface area contributed by atoms with E-state index in [2.05, 4.69) is 13.8 Å². The molecule has 0 N–H and O–H groups in total. The maximum atomic E-state index is 12.6. The maximum Gasteiger partial charge on any atom is 0.257 e. The average molecular weight is 265 g/mol. The van der Waals surface area contributed by atoms with Crippen molar-refractivity contribution in [1.29, 1.82) is 0 Å². The zero-order valence-corrected chi connectivity index (χ0v) is 12.2. The fourth-order valence-electron chi connectivity index (χ4n) is 2.01. The van der Waals surface area contributed by atoms with Crippen LogP contribution in [0.25, 0.3) is 0 Å². The molecule has 0 aromatic heterocycles. The molecule has 0 aliphatic carbocycles. The molecule has 19 heavy (non-hydrogen) atoms. The van der Waals surface area contributed by atoms with Crippen molar-refractivity contribution < 1.29 is 14.3 Å². The van der Waals surface area contributed by atoms with E-state index in [0.29, 0.717) is 17.1 Å². The first-order chi connectivity index (χ1) is 9.17. The molecule has 0 unspecified atom stereocenters. The van der Waals surface area contributed by atoms with Crippen LogP contribution < -0.4 is 9.47 Å². The molecule has 1 aromatic carbocycles. The number of rotatable bonds is 7. The van der Waals surface area contributed by atoms with Crippen molar-refractivity contribution in [2.24, 2.45) is 0 Å². The van der Waals surface area contributed by atoms with E-state index in [1.165, 1.54) is 0 Å². The fraction of sp³-hybridized carbons (Fsp3) is 0.533. The third kappa shape index (κ3) is 3.88. The summed E-state index contributed by atoms with van der Waals surface area (Å²) in [6.45, 7) is 5.65. The Bertz CT molecular complexity index is 412. The van der Waals surface area contributed by atoms with Crippen LogP contribution in [0, 0.1) is 0 Å². The second-order valence-electron chi connectivity index (χ2n) is 4.36. The first-order valence-corrected chi connectivity index (χ1v) is 6.69. The number of hydrogen-bond donors (Lipinski definition) is 0. The molecule has 1 rings (SSSR count). The van der Waals surface area contributed by atoms with Gasteiger partial charge in [-0.1, -0.05) is 13.8 Å². The van der Waals surface area contributed by atoms with Crippen LogP contribution in [-0.2, 0) is 0 Å². The maximum absolute atomic E-state index is 12.6. The number of amides is 1. The van der Waals surface area contributed by atoms with Gasteiger partial charge in [0.15, 0.2) is 0 Å². The Kier molecular flexibility index (Phi) is 6.19. The molecule has 4 nitrogen and oxygen atoms in total. The summed E-state index contributed by atoms with van der Waals surface area (Å²) in [6, 6.07) is 5.29. The lowest BCUT2D eigenvalue weighted by Gasteiger charge is -2.22. The summed E-state index contributed by atoms with van der Waals surface area (Å²) in [4.78, 5) is 14.4. The van der Waals surface area contributed by atoms with Gasteiger partial charge in [0.25, 0.3) is 5.91 Å². The van der Waals surface area contributed by atoms with Gasteiger partial charge >= 0.3 is 0 Å². The summed E-state index contributed by atoms with van der Waals surface area (Å²) in [5.41, 5.74) is 0.559. The Hall–Kier alpha value is -1.71. The van der Waals surface area contributed by atoms with Gasteiger partial charge in [0.1, 0.15) is 11.5 Å². The van der Waals surface area contributed by atoms with Gasteiger partial charge in [0.2, 0.25) is 0 Å². The van der Waals surface area contributed by atoms with Crippen molar-refractivity contribution in [2.75, 3.05) is 27.3 Å². The number of ether oxygens (including phenoxy) is 2. The molecule has 0 radical (unpaired) electrons. The molecule has 1 aromatic rings. The minimum atomic E-state index is -0.000509. The van der Waals surface area contributed by atoms with Crippen LogP contribution in [0.1, 0.15) is 37.0 Å². The highest BCUT2D eigenvalue weighted by atomic mass is 16.5. The molecule has 106 valence electrons. The van der Waals surface area contributed by atoms with E-state index >= 15 is 0 Å². The van der Waals surface area contributed by atoms with Gasteiger partial charge in [0.05, 0.1) is 19.8 Å². The Labute approximate surface area is 115 Å². The lowest BCUT2D eigenvalue weighted by Crippen LogP contribution is -2.32. The zero-order chi connectivity index (χ0) is 14.3. The van der Waals surface area contributed by atoms with Gasteiger partial charge < -0.3 is 14.4 Å². The van der Waals surface area contributed by atoms with E-state index in [1.54, 1.807) is 32.4 Å². The normalized spacial score (nSPS) is 10.1. The highest BCUT2D eigenvalue weighted by molar-refractivity contribution is 5.97. The van der Waals surface area contributed by atoms with Crippen molar-refractivity contribution in [2.45, 2.75) is 26.7 Å². The van der Waals surface area contributed by atoms with Crippen LogP contribution in [0.2, 0.25) is 0 Å². The third-order valence-corrected chi connectivity index (χ3v) is 2.91. The van der Waals surface area contributed by atoms with E-state index in [0.717, 1.165) is 25.9 Å². The molecule has 1 amide bonds. The Morgan fingerprint density at radius 1 is 1.11 bits per heavy atom. The number of carbonyl (C=O) groups is 1. The second kappa shape index (κ2) is 7.67. The molecule has 0 saturated heterocycles. The summed E-state index contributed by atoms with van der Waals surface area (Å²) < 4.78 is 10.4. The number of benzene rings is 1. The molecular weight excluding hydrogens is 242 g/mol. The molecule has 0 heterocycles. The van der Waals surface area contributed by atoms with Crippen LogP contribution in [-0.4, -0.2) is 38.1 Å². The number of nitrogens with zero attached hydrogens (tertiary/aromatic N) is 1. The van der Waals surface area contributed by atoms with Crippen LogP contribution in [0.5, 0.6) is 11.5 Å². The topological polar surface area (TPSA) is 38.8 Å². The van der Waals surface area contributed by atoms with Crippen LogP contribution in [0.4, 0.5) is 0 Å². The summed E-state index contributed by atoms with van der Waals surface area (Å²) in [7, 11) is 3.16. The Morgan fingerprint density at radius 3 is 2.21 bits per heavy atom. The van der Waals surface area contributed by atoms with Gasteiger partial charge in [-0.25, -0.2) is 0 Å². The average Bonchev–Trinajstić information content (AvgIpc) is 2.45. The van der Waals surface area contributed by atoms with E-state index in [1.807, 2.05) is 4.90 Å². The lowest BCUT2D eigenvalue weighted by molar-refractivity contribution is 0.0752. The van der Waals surface area contributed by atoms with E-state index in [-0.39, 0.29) is 5.91 Å². The highest BCUT2D eigenvalue weighted by Gasteiger charge is 2.19. The predicted molar refractivity (Wildman–Crippen MR) is 76.0 cm³/mol. The van der Waals surface area contributed by atoms with Crippen LogP contribution in [0.3, 0.4) is 0 Å². The molecule has 0 atom stereocenters. The zero-order valence-electron chi connectivity index (χ0n) is 12.2. The summed E-state index contributed by atoms with van der Waals surface area (Å²) >= 11 is 0. The van der Waals surface area contributed by atoms with E-state index in [9.17, 15) is 4.79 Å². The minimum Gasteiger partial charge on any atom is -0.497 e. The van der Waals surface area contributed by atoms with Crippen molar-refractivity contribution in [3.8, 4) is 11.5 Å². The summed E-state index contributed by atoms with van der Waals surface area (Å²) in [6.07, 6.45) is 1.88. The van der Waals surface area contributed by atoms with Crippen LogP contribution >= 0.6 is 0 Å². The summed E-state index contributed by atoms with van der Waals surface area (Å²) in [5.74, 6) is 1.25. The van der Waals surface area contributed by atoms with Crippen LogP contribution in [0.15, 0.2) is 18.2 Å². The Morgan fingerprint density at radius 2 is 1.74 bits per heavy atom. The predicted octanol–water partition coefficient (Wildman–Crippen LogP) is 2.97. The lowest BCUT2D eigenvalue weighted by atomic mass is 10.1. The number of carbonyl (C=O) groups excluding carboxylic acids is 1. The quantitative estimate of drug-likeness (QED) is 0.761. The standard InChI is InChI=1S/C15H23NO3/c1-5-9-16(10-6-2)15(17)13-11-12(18-3)7-8-14(13)19-4/h7-8,11H,5-6,9-10H2,1-4H3. The van der Waals surface area contributed by atoms with Gasteiger partial charge in [-0.15, -0.1) is 0 Å². The second-order valence-corrected chi connectivity index (χ2v) is 4.36. The van der Waals surface area contributed by atoms with Gasteiger partial charge in [0, 0.05) is 13.1 Å². The molecule has 0 aliphatic rings. The number of hydrogen-bond acceptors (Lipinski definition) is 3. The van der Waals surface area contributed by atoms with Crippen molar-refractivity contribution in [3.05, 3.63) is 23.8 Å². The number of methoxy groups -OCH3 is 2. The summed E-state index contributed by atoms with van der Waals surface area (Å²) in [5, 5.41) is 0. The molecule has 0 aliphatic heterocycles. The largest absolute Gasteiger partial charge is 0.497 e. The van der Waals surface area contributed by atoms with Crippen molar-refractivity contribution in [3.63, 3.8) is 0 Å². The molecule has 0 bridgehead atoms. The van der Waals surface area contributed by atoms with Gasteiger partial charge in [-0.3, -0.25) is 4.79 Å². The first-order valence-electron chi connectivity index (χ1n) is 6.69. The monoisotopic (exact) mass is 265 g/mol. The highest BCUT2D eigenvalue weighted by Crippen LogP contribution is 2.25. The molecule has 0 fully saturated rings. The Balaban J connectivity index is 3.06. The van der Waals surface area contributed by atoms with Gasteiger partial charge in [-0.2, -0.15) is 0 Å². The molecule has 4 heteroatoms. The molecule has 0 spiro atoms. The van der Waals surface area contributed by atoms with E-state index in [4.69, 9.17) is 9.47 Å². The van der Waals surface area contributed by atoms with E-state index < -0.39 is 0 Å². The third-order valence-electron chi connectivity index (χ3n) is 2.91. The minimum absolute atomic E-state index is 0.000509. The fourth-order valence-corrected chi connectivity index (χ4v) is 2.01. The van der Waals surface area contributed by atoms with Gasteiger partial charge in [-0.05, 0) is 31.0 Å². The molecule has 0 saturated carbocycles. The van der Waals surface area contributed by atoms with Crippen molar-refractivity contribution in [1.82, 2.24) is 4.90 Å². The SMILES string of the molecule is CCCN(CCC)C(=O)c1cc(OC)ccc1OC. The van der Waals surface area contributed by atoms with Crippen molar-refractivity contribution >= 4 is 5.91 Å². The molecular formula is C15H23NO3.